The maximum absolute atomic E-state index is 13.0. The first-order valence-electron chi connectivity index (χ1n) is 9.82. The minimum absolute atomic E-state index is 0.0643. The van der Waals surface area contributed by atoms with Gasteiger partial charge in [-0.3, -0.25) is 9.48 Å². The van der Waals surface area contributed by atoms with Crippen molar-refractivity contribution in [2.75, 3.05) is 6.54 Å². The van der Waals surface area contributed by atoms with E-state index in [-0.39, 0.29) is 17.9 Å². The van der Waals surface area contributed by atoms with Crippen molar-refractivity contribution in [1.82, 2.24) is 29.4 Å². The SMILES string of the molecule is Cc1ccn(CCC(=O)N2CCn3nc(-c4ccccc4)nc3[C@@H]2C(C)C)n1. The number of carbonyl (C=O) groups excluding carboxylic acids is 1. The Morgan fingerprint density at radius 3 is 2.61 bits per heavy atom. The highest BCUT2D eigenvalue weighted by atomic mass is 16.2. The van der Waals surface area contributed by atoms with Crippen LogP contribution in [0.2, 0.25) is 0 Å². The summed E-state index contributed by atoms with van der Waals surface area (Å²) in [7, 11) is 0. The van der Waals surface area contributed by atoms with Gasteiger partial charge in [0.15, 0.2) is 11.6 Å². The van der Waals surface area contributed by atoms with Crippen LogP contribution in [0.15, 0.2) is 42.6 Å². The molecule has 1 atom stereocenters. The molecular formula is C21H26N6O. The average molecular weight is 378 g/mol. The second-order valence-electron chi connectivity index (χ2n) is 7.63. The van der Waals surface area contributed by atoms with Gasteiger partial charge in [-0.25, -0.2) is 9.67 Å². The quantitative estimate of drug-likeness (QED) is 0.684. The number of fused-ring (bicyclic) bond motifs is 1. The van der Waals surface area contributed by atoms with Crippen LogP contribution in [-0.4, -0.2) is 41.9 Å². The molecule has 0 fully saturated rings. The number of nitrogens with zero attached hydrogens (tertiary/aromatic N) is 6. The van der Waals surface area contributed by atoms with Gasteiger partial charge >= 0.3 is 0 Å². The molecule has 1 amide bonds. The summed E-state index contributed by atoms with van der Waals surface area (Å²) in [5.41, 5.74) is 1.96. The summed E-state index contributed by atoms with van der Waals surface area (Å²) in [5.74, 6) is 2.00. The van der Waals surface area contributed by atoms with Gasteiger partial charge in [0.2, 0.25) is 5.91 Å². The van der Waals surface area contributed by atoms with Gasteiger partial charge in [0.1, 0.15) is 0 Å². The molecule has 3 aromatic rings. The van der Waals surface area contributed by atoms with Crippen molar-refractivity contribution in [2.45, 2.75) is 46.3 Å². The van der Waals surface area contributed by atoms with E-state index in [9.17, 15) is 4.79 Å². The van der Waals surface area contributed by atoms with Crippen molar-refractivity contribution >= 4 is 5.91 Å². The molecule has 1 aliphatic heterocycles. The Hall–Kier alpha value is -2.96. The zero-order valence-electron chi connectivity index (χ0n) is 16.6. The van der Waals surface area contributed by atoms with Crippen molar-refractivity contribution in [3.05, 3.63) is 54.1 Å². The lowest BCUT2D eigenvalue weighted by molar-refractivity contribution is -0.136. The summed E-state index contributed by atoms with van der Waals surface area (Å²) in [6.45, 7) is 8.14. The average Bonchev–Trinajstić information content (AvgIpc) is 3.31. The van der Waals surface area contributed by atoms with Gasteiger partial charge in [-0.15, -0.1) is 0 Å². The predicted molar refractivity (Wildman–Crippen MR) is 106 cm³/mol. The molecule has 28 heavy (non-hydrogen) atoms. The predicted octanol–water partition coefficient (Wildman–Crippen LogP) is 3.08. The molecule has 0 bridgehead atoms. The minimum Gasteiger partial charge on any atom is -0.330 e. The van der Waals surface area contributed by atoms with Crippen LogP contribution >= 0.6 is 0 Å². The van der Waals surface area contributed by atoms with Gasteiger partial charge in [0, 0.05) is 31.3 Å². The summed E-state index contributed by atoms with van der Waals surface area (Å²) >= 11 is 0. The topological polar surface area (TPSA) is 68.8 Å². The summed E-state index contributed by atoms with van der Waals surface area (Å²) in [4.78, 5) is 19.8. The molecule has 1 aliphatic rings. The lowest BCUT2D eigenvalue weighted by atomic mass is 9.99. The van der Waals surface area contributed by atoms with Crippen molar-refractivity contribution in [2.24, 2.45) is 5.92 Å². The molecule has 0 saturated carbocycles. The van der Waals surface area contributed by atoms with Crippen LogP contribution in [0.1, 0.15) is 37.8 Å². The molecule has 3 heterocycles. The Morgan fingerprint density at radius 2 is 1.93 bits per heavy atom. The van der Waals surface area contributed by atoms with E-state index in [1.165, 1.54) is 0 Å². The molecule has 0 N–H and O–H groups in total. The van der Waals surface area contributed by atoms with E-state index in [2.05, 4.69) is 18.9 Å². The van der Waals surface area contributed by atoms with Gasteiger partial charge in [-0.2, -0.15) is 10.2 Å². The molecule has 0 spiro atoms. The number of hydrogen-bond donors (Lipinski definition) is 0. The molecule has 7 nitrogen and oxygen atoms in total. The largest absolute Gasteiger partial charge is 0.330 e. The third-order valence-electron chi connectivity index (χ3n) is 5.17. The molecular weight excluding hydrogens is 352 g/mol. The maximum atomic E-state index is 13.0. The first kappa shape index (κ1) is 18.4. The number of rotatable bonds is 5. The van der Waals surface area contributed by atoms with E-state index in [1.54, 1.807) is 0 Å². The number of carbonyl (C=O) groups is 1. The van der Waals surface area contributed by atoms with Crippen LogP contribution in [0.4, 0.5) is 0 Å². The van der Waals surface area contributed by atoms with Crippen LogP contribution in [-0.2, 0) is 17.9 Å². The third kappa shape index (κ3) is 3.56. The lowest BCUT2D eigenvalue weighted by Gasteiger charge is -2.37. The maximum Gasteiger partial charge on any atom is 0.225 e. The fourth-order valence-electron chi connectivity index (χ4n) is 3.81. The smallest absolute Gasteiger partial charge is 0.225 e. The van der Waals surface area contributed by atoms with Gasteiger partial charge in [-0.1, -0.05) is 44.2 Å². The zero-order chi connectivity index (χ0) is 19.7. The molecule has 7 heteroatoms. The van der Waals surface area contributed by atoms with Crippen LogP contribution in [0.5, 0.6) is 0 Å². The van der Waals surface area contributed by atoms with Crippen LogP contribution in [0, 0.1) is 12.8 Å². The zero-order valence-corrected chi connectivity index (χ0v) is 16.6. The lowest BCUT2D eigenvalue weighted by Crippen LogP contribution is -2.44. The van der Waals surface area contributed by atoms with E-state index in [4.69, 9.17) is 10.1 Å². The van der Waals surface area contributed by atoms with Crippen molar-refractivity contribution in [1.29, 1.82) is 0 Å². The highest BCUT2D eigenvalue weighted by Crippen LogP contribution is 2.32. The molecule has 0 radical (unpaired) electrons. The van der Waals surface area contributed by atoms with Crippen LogP contribution in [0.3, 0.4) is 0 Å². The van der Waals surface area contributed by atoms with Crippen LogP contribution < -0.4 is 0 Å². The molecule has 146 valence electrons. The fraction of sp³-hybridized carbons (Fsp3) is 0.429. The molecule has 4 rings (SSSR count). The van der Waals surface area contributed by atoms with Crippen molar-refractivity contribution in [3.63, 3.8) is 0 Å². The van der Waals surface area contributed by atoms with Gasteiger partial charge < -0.3 is 4.90 Å². The molecule has 2 aromatic heterocycles. The van der Waals surface area contributed by atoms with E-state index in [0.29, 0.717) is 26.1 Å². The van der Waals surface area contributed by atoms with Gasteiger partial charge in [0.05, 0.1) is 18.3 Å². The Morgan fingerprint density at radius 1 is 1.14 bits per heavy atom. The minimum atomic E-state index is -0.0643. The van der Waals surface area contributed by atoms with Crippen molar-refractivity contribution in [3.8, 4) is 11.4 Å². The normalized spacial score (nSPS) is 16.4. The summed E-state index contributed by atoms with van der Waals surface area (Å²) in [6.07, 6.45) is 2.35. The third-order valence-corrected chi connectivity index (χ3v) is 5.17. The van der Waals surface area contributed by atoms with E-state index in [1.807, 2.05) is 63.8 Å². The van der Waals surface area contributed by atoms with Gasteiger partial charge in [0.25, 0.3) is 0 Å². The van der Waals surface area contributed by atoms with Crippen LogP contribution in [0.25, 0.3) is 11.4 Å². The van der Waals surface area contributed by atoms with Crippen molar-refractivity contribution < 1.29 is 4.79 Å². The number of aryl methyl sites for hydroxylation is 2. The Kier molecular flexibility index (Phi) is 4.98. The fourth-order valence-corrected chi connectivity index (χ4v) is 3.81. The van der Waals surface area contributed by atoms with E-state index in [0.717, 1.165) is 22.9 Å². The second kappa shape index (κ2) is 7.58. The highest BCUT2D eigenvalue weighted by Gasteiger charge is 2.35. The standard InChI is InChI=1S/C21H26N6O/c1-15(2)19-21-22-20(17-7-5-4-6-8-17)24-27(21)14-13-26(19)18(28)10-12-25-11-9-16(3)23-25/h4-9,11,15,19H,10,12-14H2,1-3H3/t19-/m0/s1. The molecule has 1 aromatic carbocycles. The summed E-state index contributed by atoms with van der Waals surface area (Å²) in [5, 5.41) is 9.07. The highest BCUT2D eigenvalue weighted by molar-refractivity contribution is 5.76. The number of amides is 1. The second-order valence-corrected chi connectivity index (χ2v) is 7.63. The van der Waals surface area contributed by atoms with E-state index >= 15 is 0 Å². The molecule has 0 saturated heterocycles. The Bertz CT molecular complexity index is 958. The monoisotopic (exact) mass is 378 g/mol. The molecule has 0 unspecified atom stereocenters. The number of aromatic nitrogens is 5. The first-order chi connectivity index (χ1) is 13.5. The Balaban J connectivity index is 1.55. The summed E-state index contributed by atoms with van der Waals surface area (Å²) < 4.78 is 3.80. The summed E-state index contributed by atoms with van der Waals surface area (Å²) in [6, 6.07) is 11.9. The number of hydrogen-bond acceptors (Lipinski definition) is 4. The first-order valence-corrected chi connectivity index (χ1v) is 9.82. The van der Waals surface area contributed by atoms with Gasteiger partial charge in [-0.05, 0) is 18.9 Å². The van der Waals surface area contributed by atoms with E-state index < -0.39 is 0 Å². The Labute approximate surface area is 165 Å². The number of benzene rings is 1. The molecule has 0 aliphatic carbocycles.